The highest BCUT2D eigenvalue weighted by Gasteiger charge is 2.34. The van der Waals surface area contributed by atoms with E-state index < -0.39 is 0 Å². The number of alkyl halides is 2. The van der Waals surface area contributed by atoms with Crippen molar-refractivity contribution in [1.82, 2.24) is 4.98 Å². The van der Waals surface area contributed by atoms with Crippen LogP contribution in [0.2, 0.25) is 20.2 Å². The van der Waals surface area contributed by atoms with Crippen LogP contribution in [0.3, 0.4) is 0 Å². The molecule has 4 nitrogen and oxygen atoms in total. The molecule has 1 aliphatic rings. The number of benzene rings is 2. The average Bonchev–Trinajstić information content (AvgIpc) is 3.37. The number of hydrogen-bond acceptors (Lipinski definition) is 5. The molecule has 3 aromatic rings. The fourth-order valence-electron chi connectivity index (χ4n) is 3.59. The van der Waals surface area contributed by atoms with Crippen LogP contribution in [0.4, 0.5) is 10.8 Å². The largest absolute Gasteiger partial charge is 0.346 e. The summed E-state index contributed by atoms with van der Waals surface area (Å²) < 4.78 is 0. The fraction of sp³-hybridized carbons (Fsp3) is 0.273. The summed E-state index contributed by atoms with van der Waals surface area (Å²) in [6.07, 6.45) is 0.623. The van der Waals surface area contributed by atoms with Crippen molar-refractivity contribution in [2.75, 3.05) is 34.8 Å². The van der Waals surface area contributed by atoms with E-state index in [-0.39, 0.29) is 6.04 Å². The van der Waals surface area contributed by atoms with E-state index in [1.165, 1.54) is 11.3 Å². The summed E-state index contributed by atoms with van der Waals surface area (Å²) in [6.45, 7) is 1.25. The molecule has 0 spiro atoms. The minimum Gasteiger partial charge on any atom is -0.346 e. The number of rotatable bonds is 8. The highest BCUT2D eigenvalue weighted by atomic mass is 35.5. The van der Waals surface area contributed by atoms with Gasteiger partial charge in [0.15, 0.2) is 5.13 Å². The van der Waals surface area contributed by atoms with E-state index >= 15 is 0 Å². The van der Waals surface area contributed by atoms with Gasteiger partial charge in [0, 0.05) is 46.3 Å². The Labute approximate surface area is 226 Å². The number of aromatic nitrogens is 1. The Balaban J connectivity index is 1.75. The quantitative estimate of drug-likeness (QED) is 0.250. The van der Waals surface area contributed by atoms with Gasteiger partial charge < -0.3 is 4.90 Å². The third-order valence-corrected chi connectivity index (χ3v) is 7.72. The first-order valence-corrected chi connectivity index (χ1v) is 13.4. The molecule has 174 valence electrons. The minimum atomic E-state index is -0.183. The van der Waals surface area contributed by atoms with Crippen LogP contribution in [0.15, 0.2) is 47.6 Å². The zero-order chi connectivity index (χ0) is 23.5. The highest BCUT2D eigenvalue weighted by molar-refractivity contribution is 7.16. The number of thiazole rings is 1. The molecular formula is C22H18Cl6N4S. The molecule has 1 unspecified atom stereocenters. The second-order valence-corrected chi connectivity index (χ2v) is 10.7. The van der Waals surface area contributed by atoms with Gasteiger partial charge in [0.1, 0.15) is 5.15 Å². The van der Waals surface area contributed by atoms with Crippen molar-refractivity contribution in [3.8, 4) is 0 Å². The molecule has 1 aromatic heterocycles. The molecule has 2 aromatic carbocycles. The summed E-state index contributed by atoms with van der Waals surface area (Å²) >= 11 is 38.8. The van der Waals surface area contributed by atoms with Crippen LogP contribution in [-0.2, 0) is 0 Å². The molecule has 0 aliphatic carbocycles. The molecule has 33 heavy (non-hydrogen) atoms. The molecule has 0 saturated carbocycles. The third-order valence-electron chi connectivity index (χ3n) is 5.08. The second-order valence-electron chi connectivity index (χ2n) is 7.26. The van der Waals surface area contributed by atoms with Crippen molar-refractivity contribution in [3.63, 3.8) is 0 Å². The van der Waals surface area contributed by atoms with Crippen molar-refractivity contribution in [2.45, 2.75) is 12.5 Å². The lowest BCUT2D eigenvalue weighted by Crippen LogP contribution is -2.27. The Morgan fingerprint density at radius 2 is 1.55 bits per heavy atom. The Bertz CT molecular complexity index is 1120. The maximum atomic E-state index is 6.66. The van der Waals surface area contributed by atoms with Crippen molar-refractivity contribution >= 4 is 97.5 Å². The van der Waals surface area contributed by atoms with Crippen LogP contribution >= 0.6 is 80.9 Å². The molecule has 0 saturated heterocycles. The summed E-state index contributed by atoms with van der Waals surface area (Å²) in [7, 11) is 0. The second kappa shape index (κ2) is 11.2. The maximum absolute atomic E-state index is 6.66. The normalized spacial score (nSPS) is 15.8. The van der Waals surface area contributed by atoms with Crippen LogP contribution in [0, 0.1) is 0 Å². The lowest BCUT2D eigenvalue weighted by Gasteiger charge is -2.23. The SMILES string of the molecule is ClCCN(CCCl)c1nc(Cl)c(C2CC(c3ccc(Cl)cc3)=NN2c2cc(Cl)cc(Cl)c2)s1. The molecule has 11 heteroatoms. The van der Waals surface area contributed by atoms with E-state index in [2.05, 4.69) is 4.98 Å². The van der Waals surface area contributed by atoms with E-state index in [1.54, 1.807) is 6.07 Å². The van der Waals surface area contributed by atoms with Gasteiger partial charge in [-0.05, 0) is 35.9 Å². The van der Waals surface area contributed by atoms with Gasteiger partial charge in [-0.25, -0.2) is 4.98 Å². The van der Waals surface area contributed by atoms with Gasteiger partial charge in [0.25, 0.3) is 0 Å². The summed E-state index contributed by atoms with van der Waals surface area (Å²) in [5, 5.41) is 9.75. The van der Waals surface area contributed by atoms with Crippen LogP contribution in [0.5, 0.6) is 0 Å². The van der Waals surface area contributed by atoms with Crippen LogP contribution in [0.25, 0.3) is 0 Å². The van der Waals surface area contributed by atoms with E-state index in [0.29, 0.717) is 51.5 Å². The maximum Gasteiger partial charge on any atom is 0.187 e. The molecule has 1 aliphatic heterocycles. The molecule has 0 radical (unpaired) electrons. The molecule has 0 amide bonds. The van der Waals surface area contributed by atoms with E-state index in [4.69, 9.17) is 74.7 Å². The predicted molar refractivity (Wildman–Crippen MR) is 145 cm³/mol. The zero-order valence-electron chi connectivity index (χ0n) is 17.1. The minimum absolute atomic E-state index is 0.183. The number of halogens is 6. The summed E-state index contributed by atoms with van der Waals surface area (Å²) in [4.78, 5) is 7.54. The molecule has 0 N–H and O–H groups in total. The molecular weight excluding hydrogens is 565 g/mol. The Morgan fingerprint density at radius 1 is 0.909 bits per heavy atom. The van der Waals surface area contributed by atoms with Crippen molar-refractivity contribution in [2.24, 2.45) is 5.10 Å². The van der Waals surface area contributed by atoms with Crippen LogP contribution in [0.1, 0.15) is 22.9 Å². The molecule has 4 rings (SSSR count). The topological polar surface area (TPSA) is 31.7 Å². The van der Waals surface area contributed by atoms with Crippen molar-refractivity contribution in [1.29, 1.82) is 0 Å². The van der Waals surface area contributed by atoms with Gasteiger partial charge >= 0.3 is 0 Å². The first-order chi connectivity index (χ1) is 15.9. The first-order valence-electron chi connectivity index (χ1n) is 10.0. The van der Waals surface area contributed by atoms with E-state index in [1.807, 2.05) is 46.3 Å². The third kappa shape index (κ3) is 5.84. The van der Waals surface area contributed by atoms with Gasteiger partial charge in [-0.15, -0.1) is 23.2 Å². The van der Waals surface area contributed by atoms with E-state index in [9.17, 15) is 0 Å². The molecule has 1 atom stereocenters. The first kappa shape index (κ1) is 25.2. The lowest BCUT2D eigenvalue weighted by molar-refractivity contribution is 0.720. The number of hydrazone groups is 1. The Morgan fingerprint density at radius 3 is 2.15 bits per heavy atom. The number of nitrogens with zero attached hydrogens (tertiary/aromatic N) is 4. The summed E-state index contributed by atoms with van der Waals surface area (Å²) in [6, 6.07) is 12.8. The van der Waals surface area contributed by atoms with Gasteiger partial charge in [-0.1, -0.05) is 69.9 Å². The Hall–Kier alpha value is -0.920. The molecule has 0 fully saturated rings. The molecule has 0 bridgehead atoms. The standard InChI is InChI=1S/C22H18Cl6N4S/c23-5-7-31(8-6-24)22-29-21(28)20(33-22)19-12-18(13-1-3-14(25)4-2-13)30-32(19)17-10-15(26)9-16(27)11-17/h1-4,9-11,19H,5-8,12H2. The monoisotopic (exact) mass is 580 g/mol. The van der Waals surface area contributed by atoms with Crippen molar-refractivity contribution in [3.05, 3.63) is 73.1 Å². The summed E-state index contributed by atoms with van der Waals surface area (Å²) in [5.74, 6) is 0.924. The fourth-order valence-corrected chi connectivity index (χ4v) is 6.11. The smallest absolute Gasteiger partial charge is 0.187 e. The zero-order valence-corrected chi connectivity index (χ0v) is 22.5. The number of hydrogen-bond donors (Lipinski definition) is 0. The summed E-state index contributed by atoms with van der Waals surface area (Å²) in [5.41, 5.74) is 2.65. The van der Waals surface area contributed by atoms with Crippen molar-refractivity contribution < 1.29 is 0 Å². The predicted octanol–water partition coefficient (Wildman–Crippen LogP) is 8.40. The van der Waals surface area contributed by atoms with Crippen LogP contribution in [-0.4, -0.2) is 35.5 Å². The van der Waals surface area contributed by atoms with Gasteiger partial charge in [-0.3, -0.25) is 5.01 Å². The lowest BCUT2D eigenvalue weighted by atomic mass is 10.0. The van der Waals surface area contributed by atoms with E-state index in [0.717, 1.165) is 27.0 Å². The number of anilines is 2. The van der Waals surface area contributed by atoms with Gasteiger partial charge in [0.2, 0.25) is 0 Å². The Kier molecular flexibility index (Phi) is 8.56. The van der Waals surface area contributed by atoms with Gasteiger partial charge in [0.05, 0.1) is 22.3 Å². The average molecular weight is 583 g/mol. The highest BCUT2D eigenvalue weighted by Crippen LogP contribution is 2.44. The van der Waals surface area contributed by atoms with Crippen LogP contribution < -0.4 is 9.91 Å². The van der Waals surface area contributed by atoms with Gasteiger partial charge in [-0.2, -0.15) is 5.10 Å². The molecule has 2 heterocycles.